The van der Waals surface area contributed by atoms with Gasteiger partial charge in [-0.15, -0.1) is 0 Å². The fourth-order valence-corrected chi connectivity index (χ4v) is 5.80. The predicted molar refractivity (Wildman–Crippen MR) is 180 cm³/mol. The van der Waals surface area contributed by atoms with Gasteiger partial charge in [0.2, 0.25) is 5.91 Å². The van der Waals surface area contributed by atoms with Crippen LogP contribution in [0.2, 0.25) is 0 Å². The predicted octanol–water partition coefficient (Wildman–Crippen LogP) is 5.83. The fraction of sp³-hybridized carbons (Fsp3) is 0.917. The third-order valence-electron chi connectivity index (χ3n) is 8.86. The van der Waals surface area contributed by atoms with Gasteiger partial charge in [-0.1, -0.05) is 142 Å². The Morgan fingerprint density at radius 3 is 1.73 bits per heavy atom. The van der Waals surface area contributed by atoms with Crippen molar-refractivity contribution >= 4 is 5.91 Å². The largest absolute Gasteiger partial charge is 0.394 e. The Bertz CT molecular complexity index is 721. The smallest absolute Gasteiger partial charge is 0.220 e. The number of amides is 1. The average molecular weight is 644 g/mol. The number of aliphatic hydroxyl groups excluding tert-OH is 5. The van der Waals surface area contributed by atoms with E-state index in [2.05, 4.69) is 19.2 Å². The lowest BCUT2D eigenvalue weighted by Gasteiger charge is -2.40. The van der Waals surface area contributed by atoms with Crippen LogP contribution in [0, 0.1) is 0 Å². The van der Waals surface area contributed by atoms with Gasteiger partial charge < -0.3 is 40.3 Å². The maximum atomic E-state index is 12.8. The minimum absolute atomic E-state index is 0.184. The van der Waals surface area contributed by atoms with Crippen molar-refractivity contribution in [2.24, 2.45) is 0 Å². The molecule has 0 aromatic heterocycles. The van der Waals surface area contributed by atoms with Crippen molar-refractivity contribution in [3.63, 3.8) is 0 Å². The van der Waals surface area contributed by atoms with Crippen molar-refractivity contribution in [2.45, 2.75) is 198 Å². The fourth-order valence-electron chi connectivity index (χ4n) is 5.80. The normalized spacial score (nSPS) is 23.4. The molecule has 1 aliphatic heterocycles. The number of nitrogens with one attached hydrogen (secondary N) is 1. The molecular formula is C36H69NO8. The van der Waals surface area contributed by atoms with Gasteiger partial charge in [0.05, 0.1) is 25.4 Å². The summed E-state index contributed by atoms with van der Waals surface area (Å²) in [6.45, 7) is 3.71. The number of carbonyl (C=O) groups excluding carboxylic acids is 1. The summed E-state index contributed by atoms with van der Waals surface area (Å²) in [4.78, 5) is 12.8. The molecule has 0 spiro atoms. The zero-order valence-electron chi connectivity index (χ0n) is 28.6. The molecule has 0 radical (unpaired) electrons. The third-order valence-corrected chi connectivity index (χ3v) is 8.86. The van der Waals surface area contributed by atoms with Crippen LogP contribution in [-0.4, -0.2) is 87.5 Å². The van der Waals surface area contributed by atoms with Crippen LogP contribution in [0.15, 0.2) is 12.2 Å². The van der Waals surface area contributed by atoms with Gasteiger partial charge in [0.25, 0.3) is 0 Å². The molecular weight excluding hydrogens is 574 g/mol. The van der Waals surface area contributed by atoms with Crippen molar-refractivity contribution in [3.8, 4) is 0 Å². The molecule has 2 unspecified atom stereocenters. The number of allylic oxidation sites excluding steroid dienone is 1. The Balaban J connectivity index is 2.47. The summed E-state index contributed by atoms with van der Waals surface area (Å²) in [7, 11) is 0. The molecule has 7 atom stereocenters. The third kappa shape index (κ3) is 20.0. The Hall–Kier alpha value is -1.07. The lowest BCUT2D eigenvalue weighted by molar-refractivity contribution is -0.302. The summed E-state index contributed by atoms with van der Waals surface area (Å²) < 4.78 is 11.1. The molecule has 9 heteroatoms. The van der Waals surface area contributed by atoms with Crippen molar-refractivity contribution in [1.82, 2.24) is 5.32 Å². The topological polar surface area (TPSA) is 149 Å². The van der Waals surface area contributed by atoms with E-state index in [1.165, 1.54) is 96.3 Å². The molecule has 0 bridgehead atoms. The molecule has 0 saturated carbocycles. The zero-order chi connectivity index (χ0) is 33.1. The summed E-state index contributed by atoms with van der Waals surface area (Å²) in [5.74, 6) is -0.184. The van der Waals surface area contributed by atoms with E-state index in [1.807, 2.05) is 6.08 Å². The SMILES string of the molecule is CCCCCCCCCCCCCC/C=C/[C@@H](O)[C@H](CO[C@@H]1O[C@H](CO)[C@H](O)C(O)C1O)NC(=O)CCCCCCCCCC. The molecule has 0 aromatic rings. The molecule has 45 heavy (non-hydrogen) atoms. The van der Waals surface area contributed by atoms with Crippen LogP contribution >= 0.6 is 0 Å². The number of unbranched alkanes of at least 4 members (excludes halogenated alkanes) is 19. The van der Waals surface area contributed by atoms with Gasteiger partial charge in [-0.3, -0.25) is 4.79 Å². The number of hydrogen-bond donors (Lipinski definition) is 6. The lowest BCUT2D eigenvalue weighted by atomic mass is 9.99. The number of aliphatic hydroxyl groups is 5. The van der Waals surface area contributed by atoms with E-state index in [1.54, 1.807) is 6.08 Å². The van der Waals surface area contributed by atoms with Crippen molar-refractivity contribution in [1.29, 1.82) is 0 Å². The van der Waals surface area contributed by atoms with Gasteiger partial charge in [-0.05, 0) is 19.3 Å². The molecule has 1 saturated heterocycles. The minimum Gasteiger partial charge on any atom is -0.394 e. The molecule has 0 aliphatic carbocycles. The number of ether oxygens (including phenoxy) is 2. The molecule has 6 N–H and O–H groups in total. The van der Waals surface area contributed by atoms with Gasteiger partial charge in [-0.2, -0.15) is 0 Å². The van der Waals surface area contributed by atoms with Crippen molar-refractivity contribution in [2.75, 3.05) is 13.2 Å². The first-order valence-electron chi connectivity index (χ1n) is 18.4. The zero-order valence-corrected chi connectivity index (χ0v) is 28.6. The van der Waals surface area contributed by atoms with E-state index in [9.17, 15) is 30.3 Å². The van der Waals surface area contributed by atoms with E-state index >= 15 is 0 Å². The Morgan fingerprint density at radius 2 is 1.22 bits per heavy atom. The first kappa shape index (κ1) is 42.0. The molecule has 1 heterocycles. The quantitative estimate of drug-likeness (QED) is 0.0441. The van der Waals surface area contributed by atoms with Crippen LogP contribution in [0.25, 0.3) is 0 Å². The van der Waals surface area contributed by atoms with Gasteiger partial charge in [0.1, 0.15) is 24.4 Å². The highest BCUT2D eigenvalue weighted by Gasteiger charge is 2.44. The summed E-state index contributed by atoms with van der Waals surface area (Å²) in [6.07, 6.45) is 21.2. The van der Waals surface area contributed by atoms with Gasteiger partial charge >= 0.3 is 0 Å². The van der Waals surface area contributed by atoms with E-state index in [0.717, 1.165) is 38.5 Å². The Morgan fingerprint density at radius 1 is 0.733 bits per heavy atom. The molecule has 1 rings (SSSR count). The maximum absolute atomic E-state index is 12.8. The number of hydrogen-bond acceptors (Lipinski definition) is 8. The van der Waals surface area contributed by atoms with Crippen molar-refractivity contribution in [3.05, 3.63) is 12.2 Å². The van der Waals surface area contributed by atoms with Crippen LogP contribution in [0.4, 0.5) is 0 Å². The summed E-state index contributed by atoms with van der Waals surface area (Å²) in [5, 5.41) is 53.7. The first-order valence-corrected chi connectivity index (χ1v) is 18.4. The lowest BCUT2D eigenvalue weighted by Crippen LogP contribution is -2.60. The molecule has 1 fully saturated rings. The second-order valence-corrected chi connectivity index (χ2v) is 13.0. The molecule has 0 aromatic carbocycles. The van der Waals surface area contributed by atoms with Crippen LogP contribution in [0.5, 0.6) is 0 Å². The van der Waals surface area contributed by atoms with E-state index in [4.69, 9.17) is 9.47 Å². The summed E-state index contributed by atoms with van der Waals surface area (Å²) in [6, 6.07) is -0.794. The monoisotopic (exact) mass is 644 g/mol. The Kier molecular flexibility index (Phi) is 26.1. The average Bonchev–Trinajstić information content (AvgIpc) is 3.04. The van der Waals surface area contributed by atoms with E-state index in [-0.39, 0.29) is 12.5 Å². The maximum Gasteiger partial charge on any atom is 0.220 e. The highest BCUT2D eigenvalue weighted by molar-refractivity contribution is 5.76. The summed E-state index contributed by atoms with van der Waals surface area (Å²) in [5.41, 5.74) is 0. The minimum atomic E-state index is -1.56. The van der Waals surface area contributed by atoms with Crippen LogP contribution in [-0.2, 0) is 14.3 Å². The van der Waals surface area contributed by atoms with Gasteiger partial charge in [-0.25, -0.2) is 0 Å². The second-order valence-electron chi connectivity index (χ2n) is 13.0. The summed E-state index contributed by atoms with van der Waals surface area (Å²) >= 11 is 0. The van der Waals surface area contributed by atoms with Gasteiger partial charge in [0.15, 0.2) is 6.29 Å². The van der Waals surface area contributed by atoms with Gasteiger partial charge in [0, 0.05) is 6.42 Å². The molecule has 1 aliphatic rings. The Labute approximate surface area is 274 Å². The first-order chi connectivity index (χ1) is 21.8. The van der Waals surface area contributed by atoms with E-state index < -0.39 is 49.5 Å². The number of rotatable bonds is 29. The molecule has 266 valence electrons. The van der Waals surface area contributed by atoms with Crippen LogP contribution < -0.4 is 5.32 Å². The highest BCUT2D eigenvalue weighted by atomic mass is 16.7. The number of carbonyl (C=O) groups is 1. The highest BCUT2D eigenvalue weighted by Crippen LogP contribution is 2.22. The van der Waals surface area contributed by atoms with E-state index in [0.29, 0.717) is 6.42 Å². The van der Waals surface area contributed by atoms with Crippen LogP contribution in [0.1, 0.15) is 155 Å². The second kappa shape index (κ2) is 28.0. The standard InChI is InChI=1S/C36H69NO8/c1-3-5-7-9-11-13-14-15-16-17-18-19-21-23-25-30(39)29(37-32(40)26-24-22-20-12-10-8-6-4-2)28-44-36-35(43)34(42)33(41)31(27-38)45-36/h23,25,29-31,33-36,38-39,41-43H,3-22,24,26-28H2,1-2H3,(H,37,40)/b25-23+/t29-,30+,31+,33-,34?,35?,36+/m0/s1. The molecule has 9 nitrogen and oxygen atoms in total. The van der Waals surface area contributed by atoms with Crippen LogP contribution in [0.3, 0.4) is 0 Å². The van der Waals surface area contributed by atoms with Crippen molar-refractivity contribution < 1.29 is 39.8 Å². The molecule has 1 amide bonds.